The summed E-state index contributed by atoms with van der Waals surface area (Å²) in [5.41, 5.74) is -0.737. The fourth-order valence-electron chi connectivity index (χ4n) is 2.86. The maximum absolute atomic E-state index is 12.9. The van der Waals surface area contributed by atoms with Crippen molar-refractivity contribution in [3.8, 4) is 0 Å². The van der Waals surface area contributed by atoms with Crippen molar-refractivity contribution in [1.82, 2.24) is 10.2 Å². The Morgan fingerprint density at radius 3 is 2.33 bits per heavy atom. The van der Waals surface area contributed by atoms with Crippen LogP contribution in [0.2, 0.25) is 0 Å². The van der Waals surface area contributed by atoms with Crippen molar-refractivity contribution in [2.24, 2.45) is 0 Å². The second kappa shape index (κ2) is 7.78. The van der Waals surface area contributed by atoms with E-state index in [1.165, 1.54) is 0 Å². The Morgan fingerprint density at radius 1 is 1.24 bits per heavy atom. The molecule has 0 bridgehead atoms. The summed E-state index contributed by atoms with van der Waals surface area (Å²) in [7, 11) is 0. The molecule has 0 radical (unpaired) electrons. The Labute approximate surface area is 128 Å². The zero-order chi connectivity index (χ0) is 16.0. The minimum Gasteiger partial charge on any atom is -0.377 e. The lowest BCUT2D eigenvalue weighted by Gasteiger charge is -2.45. The summed E-state index contributed by atoms with van der Waals surface area (Å²) in [4.78, 5) is 27.0. The van der Waals surface area contributed by atoms with Crippen molar-refractivity contribution < 1.29 is 14.3 Å². The predicted molar refractivity (Wildman–Crippen MR) is 83.0 cm³/mol. The maximum atomic E-state index is 12.9. The summed E-state index contributed by atoms with van der Waals surface area (Å²) >= 11 is 0. The molecule has 1 aliphatic heterocycles. The molecule has 2 amide bonds. The molecule has 0 aliphatic carbocycles. The van der Waals surface area contributed by atoms with Crippen LogP contribution in [0, 0.1) is 0 Å². The van der Waals surface area contributed by atoms with Gasteiger partial charge in [0.2, 0.25) is 11.8 Å². The van der Waals surface area contributed by atoms with Gasteiger partial charge in [-0.2, -0.15) is 0 Å². The molecule has 0 spiro atoms. The second-order valence-electron chi connectivity index (χ2n) is 6.00. The van der Waals surface area contributed by atoms with Crippen LogP contribution >= 0.6 is 0 Å². The monoisotopic (exact) mass is 298 g/mol. The van der Waals surface area contributed by atoms with Gasteiger partial charge in [-0.15, -0.1) is 0 Å². The normalized spacial score (nSPS) is 21.8. The highest BCUT2D eigenvalue weighted by Crippen LogP contribution is 2.26. The Bertz CT molecular complexity index is 365. The predicted octanol–water partition coefficient (Wildman–Crippen LogP) is 2.10. The SMILES string of the molecule is CCCC1C(=O)NC(CC)(CC)C(=O)N1CCOC(C)C. The number of hydrogen-bond donors (Lipinski definition) is 1. The zero-order valence-electron chi connectivity index (χ0n) is 14.1. The lowest BCUT2D eigenvalue weighted by atomic mass is 9.86. The summed E-state index contributed by atoms with van der Waals surface area (Å²) in [6.45, 7) is 10.8. The van der Waals surface area contributed by atoms with E-state index < -0.39 is 5.54 Å². The van der Waals surface area contributed by atoms with Gasteiger partial charge in [0.15, 0.2) is 0 Å². The van der Waals surface area contributed by atoms with Crippen LogP contribution in [-0.2, 0) is 14.3 Å². The van der Waals surface area contributed by atoms with Gasteiger partial charge in [0.05, 0.1) is 12.7 Å². The number of nitrogens with one attached hydrogen (secondary N) is 1. The summed E-state index contributed by atoms with van der Waals surface area (Å²) < 4.78 is 5.56. The number of ether oxygens (including phenoxy) is 1. The van der Waals surface area contributed by atoms with Gasteiger partial charge in [-0.3, -0.25) is 9.59 Å². The Kier molecular flexibility index (Phi) is 6.65. The number of piperazine rings is 1. The molecular formula is C16H30N2O3. The van der Waals surface area contributed by atoms with Crippen molar-refractivity contribution in [2.75, 3.05) is 13.2 Å². The third-order valence-corrected chi connectivity index (χ3v) is 4.26. The molecule has 5 heteroatoms. The number of amides is 2. The largest absolute Gasteiger partial charge is 0.377 e. The standard InChI is InChI=1S/C16H30N2O3/c1-6-9-13-14(19)17-16(7-2,8-3)15(20)18(13)10-11-21-12(4)5/h12-13H,6-11H2,1-5H3,(H,17,19). The second-order valence-corrected chi connectivity index (χ2v) is 6.00. The van der Waals surface area contributed by atoms with E-state index in [1.54, 1.807) is 4.90 Å². The molecule has 1 aliphatic rings. The Balaban J connectivity index is 2.92. The van der Waals surface area contributed by atoms with E-state index in [1.807, 2.05) is 34.6 Å². The molecule has 5 nitrogen and oxygen atoms in total. The molecule has 0 aromatic heterocycles. The molecule has 0 aromatic rings. The highest BCUT2D eigenvalue weighted by atomic mass is 16.5. The van der Waals surface area contributed by atoms with Crippen LogP contribution in [0.5, 0.6) is 0 Å². The summed E-state index contributed by atoms with van der Waals surface area (Å²) in [5, 5.41) is 2.97. The third-order valence-electron chi connectivity index (χ3n) is 4.26. The molecule has 21 heavy (non-hydrogen) atoms. The highest BCUT2D eigenvalue weighted by Gasteiger charge is 2.48. The molecule has 1 heterocycles. The van der Waals surface area contributed by atoms with Crippen LogP contribution in [0.1, 0.15) is 60.3 Å². The molecule has 1 fully saturated rings. The van der Waals surface area contributed by atoms with E-state index >= 15 is 0 Å². The minimum absolute atomic E-state index is 0.0234. The Hall–Kier alpha value is -1.10. The molecule has 1 saturated heterocycles. The number of carbonyl (C=O) groups is 2. The van der Waals surface area contributed by atoms with Gasteiger partial charge in [0.1, 0.15) is 11.6 Å². The van der Waals surface area contributed by atoms with Gasteiger partial charge >= 0.3 is 0 Å². The highest BCUT2D eigenvalue weighted by molar-refractivity contribution is 5.99. The van der Waals surface area contributed by atoms with Gasteiger partial charge in [0.25, 0.3) is 0 Å². The van der Waals surface area contributed by atoms with Gasteiger partial charge in [-0.25, -0.2) is 0 Å². The first kappa shape index (κ1) is 18.0. The average molecular weight is 298 g/mol. The molecule has 122 valence electrons. The van der Waals surface area contributed by atoms with E-state index in [4.69, 9.17) is 4.74 Å². The maximum Gasteiger partial charge on any atom is 0.249 e. The van der Waals surface area contributed by atoms with E-state index in [9.17, 15) is 9.59 Å². The fraction of sp³-hybridized carbons (Fsp3) is 0.875. The lowest BCUT2D eigenvalue weighted by molar-refractivity contribution is -0.156. The minimum atomic E-state index is -0.737. The number of nitrogens with zero attached hydrogens (tertiary/aromatic N) is 1. The first-order valence-corrected chi connectivity index (χ1v) is 8.16. The van der Waals surface area contributed by atoms with Crippen LogP contribution in [0.3, 0.4) is 0 Å². The van der Waals surface area contributed by atoms with Crippen molar-refractivity contribution in [1.29, 1.82) is 0 Å². The van der Waals surface area contributed by atoms with Crippen molar-refractivity contribution in [3.63, 3.8) is 0 Å². The van der Waals surface area contributed by atoms with Crippen molar-refractivity contribution in [2.45, 2.75) is 78.0 Å². The van der Waals surface area contributed by atoms with Crippen LogP contribution in [-0.4, -0.2) is 47.6 Å². The summed E-state index contributed by atoms with van der Waals surface area (Å²) in [6.07, 6.45) is 2.94. The summed E-state index contributed by atoms with van der Waals surface area (Å²) in [5.74, 6) is 0.0163. The molecule has 1 unspecified atom stereocenters. The molecule has 0 aromatic carbocycles. The fourth-order valence-corrected chi connectivity index (χ4v) is 2.86. The summed E-state index contributed by atoms with van der Waals surface area (Å²) in [6, 6.07) is -0.357. The number of rotatable bonds is 8. The quantitative estimate of drug-likeness (QED) is 0.746. The van der Waals surface area contributed by atoms with Crippen molar-refractivity contribution >= 4 is 11.8 Å². The lowest BCUT2D eigenvalue weighted by Crippen LogP contribution is -2.70. The van der Waals surface area contributed by atoms with E-state index in [-0.39, 0.29) is 24.0 Å². The number of hydrogen-bond acceptors (Lipinski definition) is 3. The molecule has 1 rings (SSSR count). The number of carbonyl (C=O) groups excluding carboxylic acids is 2. The molecule has 1 atom stereocenters. The van der Waals surface area contributed by atoms with Crippen LogP contribution in [0.15, 0.2) is 0 Å². The van der Waals surface area contributed by atoms with Gasteiger partial charge < -0.3 is 15.0 Å². The first-order valence-electron chi connectivity index (χ1n) is 8.16. The van der Waals surface area contributed by atoms with E-state index in [0.29, 0.717) is 32.4 Å². The van der Waals surface area contributed by atoms with E-state index in [2.05, 4.69) is 5.32 Å². The van der Waals surface area contributed by atoms with E-state index in [0.717, 1.165) is 6.42 Å². The van der Waals surface area contributed by atoms with Gasteiger partial charge in [-0.1, -0.05) is 27.2 Å². The third kappa shape index (κ3) is 3.96. The smallest absolute Gasteiger partial charge is 0.249 e. The van der Waals surface area contributed by atoms with Crippen molar-refractivity contribution in [3.05, 3.63) is 0 Å². The van der Waals surface area contributed by atoms with Gasteiger partial charge in [-0.05, 0) is 33.1 Å². The first-order chi connectivity index (χ1) is 9.91. The molecule has 0 saturated carbocycles. The Morgan fingerprint density at radius 2 is 1.86 bits per heavy atom. The zero-order valence-corrected chi connectivity index (χ0v) is 14.1. The topological polar surface area (TPSA) is 58.6 Å². The van der Waals surface area contributed by atoms with Gasteiger partial charge in [0, 0.05) is 6.54 Å². The van der Waals surface area contributed by atoms with Crippen LogP contribution in [0.25, 0.3) is 0 Å². The van der Waals surface area contributed by atoms with Crippen LogP contribution < -0.4 is 5.32 Å². The van der Waals surface area contributed by atoms with Crippen LogP contribution in [0.4, 0.5) is 0 Å². The average Bonchev–Trinajstić information content (AvgIpc) is 2.45. The molecular weight excluding hydrogens is 268 g/mol. The molecule has 1 N–H and O–H groups in total.